The van der Waals surface area contributed by atoms with Gasteiger partial charge >= 0.3 is 41.5 Å². The fourth-order valence-corrected chi connectivity index (χ4v) is 3.94. The van der Waals surface area contributed by atoms with E-state index in [-0.39, 0.29) is 0 Å². The molecule has 0 aromatic rings. The zero-order valence-electron chi connectivity index (χ0n) is 12.9. The molecular formula is C6H13NO17S4. The first kappa shape index (κ1) is 25.4. The standard InChI is InChI=1S/C6H13NO17S4/c8-6-3(7-25(9,10)11)5(24-28(18,19)20)4(23-27(15,16)17)2(22-6)1-21-26(12,13)14/h2-8H,1H2,(H,9,10,11)(H,12,13,14)(H,15,16,17)(H,18,19,20)/t2-,3-,4-,5-,6-/m1/s1. The van der Waals surface area contributed by atoms with Crippen LogP contribution in [0.15, 0.2) is 0 Å². The topological polar surface area (TPSA) is 287 Å². The predicted molar refractivity (Wildman–Crippen MR) is 79.7 cm³/mol. The third-order valence-corrected chi connectivity index (χ3v) is 4.73. The quantitative estimate of drug-likeness (QED) is 0.163. The summed E-state index contributed by atoms with van der Waals surface area (Å²) in [6.45, 7) is -1.39. The van der Waals surface area contributed by atoms with Gasteiger partial charge in [-0.3, -0.25) is 18.2 Å². The summed E-state index contributed by atoms with van der Waals surface area (Å²) in [5, 5.41) is 9.76. The van der Waals surface area contributed by atoms with Gasteiger partial charge in [0.15, 0.2) is 6.29 Å². The minimum atomic E-state index is -5.54. The van der Waals surface area contributed by atoms with E-state index in [9.17, 15) is 38.8 Å². The van der Waals surface area contributed by atoms with Crippen LogP contribution in [0.3, 0.4) is 0 Å². The van der Waals surface area contributed by atoms with E-state index in [1.54, 1.807) is 0 Å². The van der Waals surface area contributed by atoms with Gasteiger partial charge < -0.3 is 9.84 Å². The molecule has 1 heterocycles. The molecule has 0 aliphatic carbocycles. The molecule has 0 spiro atoms. The van der Waals surface area contributed by atoms with Crippen molar-refractivity contribution in [1.29, 1.82) is 0 Å². The maximum atomic E-state index is 11.0. The first-order chi connectivity index (χ1) is 12.3. The van der Waals surface area contributed by atoms with Gasteiger partial charge in [0.2, 0.25) is 0 Å². The van der Waals surface area contributed by atoms with Crippen molar-refractivity contribution in [3.63, 3.8) is 0 Å². The Bertz CT molecular complexity index is 965. The van der Waals surface area contributed by atoms with Crippen LogP contribution in [-0.2, 0) is 58.8 Å². The summed E-state index contributed by atoms with van der Waals surface area (Å²) in [7, 11) is -21.5. The van der Waals surface area contributed by atoms with Crippen molar-refractivity contribution in [3.05, 3.63) is 0 Å². The molecule has 1 aliphatic heterocycles. The molecule has 1 rings (SSSR count). The van der Waals surface area contributed by atoms with Gasteiger partial charge in [0, 0.05) is 0 Å². The Hall–Kier alpha value is -0.600. The lowest BCUT2D eigenvalue weighted by Gasteiger charge is -2.42. The Balaban J connectivity index is 3.42. The van der Waals surface area contributed by atoms with Gasteiger partial charge in [0.25, 0.3) is 0 Å². The second-order valence-corrected chi connectivity index (χ2v) is 9.25. The maximum Gasteiger partial charge on any atom is 0.397 e. The fraction of sp³-hybridized carbons (Fsp3) is 1.00. The predicted octanol–water partition coefficient (Wildman–Crippen LogP) is -4.34. The van der Waals surface area contributed by atoms with E-state index in [1.807, 2.05) is 0 Å². The zero-order valence-corrected chi connectivity index (χ0v) is 16.1. The summed E-state index contributed by atoms with van der Waals surface area (Å²) in [6.07, 6.45) is -9.80. The monoisotopic (exact) mass is 499 g/mol. The van der Waals surface area contributed by atoms with E-state index in [0.717, 1.165) is 0 Å². The van der Waals surface area contributed by atoms with Crippen LogP contribution in [-0.4, -0.2) is 94.2 Å². The van der Waals surface area contributed by atoms with Crippen LogP contribution < -0.4 is 4.72 Å². The number of hydrogen-bond donors (Lipinski definition) is 6. The second kappa shape index (κ2) is 8.64. The molecule has 0 unspecified atom stereocenters. The van der Waals surface area contributed by atoms with Gasteiger partial charge in [-0.05, 0) is 0 Å². The van der Waals surface area contributed by atoms with E-state index in [1.165, 1.54) is 4.72 Å². The van der Waals surface area contributed by atoms with E-state index in [0.29, 0.717) is 0 Å². The molecule has 6 N–H and O–H groups in total. The molecule has 0 saturated carbocycles. The summed E-state index contributed by atoms with van der Waals surface area (Å²) in [6, 6.07) is -2.40. The van der Waals surface area contributed by atoms with Gasteiger partial charge in [0.05, 0.1) is 6.61 Å². The van der Waals surface area contributed by atoms with Crippen molar-refractivity contribution in [3.8, 4) is 0 Å². The lowest BCUT2D eigenvalue weighted by Crippen LogP contribution is -2.66. The average Bonchev–Trinajstić information content (AvgIpc) is 2.39. The minimum Gasteiger partial charge on any atom is -0.366 e. The van der Waals surface area contributed by atoms with E-state index in [2.05, 4.69) is 17.3 Å². The summed E-state index contributed by atoms with van der Waals surface area (Å²) in [5.74, 6) is 0. The molecule has 0 amide bonds. The van der Waals surface area contributed by atoms with E-state index < -0.39 is 78.8 Å². The number of aliphatic hydroxyl groups excluding tert-OH is 1. The Morgan fingerprint density at radius 1 is 0.786 bits per heavy atom. The van der Waals surface area contributed by atoms with Crippen LogP contribution in [0.1, 0.15) is 0 Å². The molecule has 0 radical (unpaired) electrons. The van der Waals surface area contributed by atoms with Crippen molar-refractivity contribution in [2.75, 3.05) is 6.61 Å². The zero-order chi connectivity index (χ0) is 22.1. The van der Waals surface area contributed by atoms with Gasteiger partial charge in [-0.15, -0.1) is 0 Å². The minimum absolute atomic E-state index is 1.18. The SMILES string of the molecule is O=S(=O)(O)N[C@@H]1[C@@H](OS(=O)(=O)O)[C@H](OS(=O)(=O)O)[C@@H](COS(=O)(=O)O)O[C@H]1O. The van der Waals surface area contributed by atoms with Gasteiger partial charge in [-0.25, -0.2) is 12.5 Å². The number of rotatable bonds is 9. The van der Waals surface area contributed by atoms with Gasteiger partial charge in [0.1, 0.15) is 24.4 Å². The second-order valence-electron chi connectivity index (χ2n) is 4.87. The molecular weight excluding hydrogens is 486 g/mol. The first-order valence-corrected chi connectivity index (χ1v) is 11.8. The van der Waals surface area contributed by atoms with Crippen LogP contribution in [0.25, 0.3) is 0 Å². The highest BCUT2D eigenvalue weighted by Gasteiger charge is 2.52. The number of nitrogens with one attached hydrogen (secondary N) is 1. The van der Waals surface area contributed by atoms with Crippen LogP contribution >= 0.6 is 0 Å². The molecule has 1 aliphatic rings. The Kier molecular flexibility index (Phi) is 7.85. The van der Waals surface area contributed by atoms with Crippen LogP contribution in [0.5, 0.6) is 0 Å². The van der Waals surface area contributed by atoms with Crippen LogP contribution in [0.2, 0.25) is 0 Å². The lowest BCUT2D eigenvalue weighted by atomic mass is 9.98. The third kappa shape index (κ3) is 9.27. The Morgan fingerprint density at radius 3 is 1.64 bits per heavy atom. The smallest absolute Gasteiger partial charge is 0.366 e. The summed E-state index contributed by atoms with van der Waals surface area (Å²) >= 11 is 0. The lowest BCUT2D eigenvalue weighted by molar-refractivity contribution is -0.240. The largest absolute Gasteiger partial charge is 0.397 e. The van der Waals surface area contributed by atoms with Gasteiger partial charge in [-0.1, -0.05) is 0 Å². The molecule has 5 atom stereocenters. The molecule has 0 bridgehead atoms. The van der Waals surface area contributed by atoms with Crippen LogP contribution in [0, 0.1) is 0 Å². The Labute approximate surface area is 158 Å². The number of aliphatic hydroxyl groups is 1. The van der Waals surface area contributed by atoms with Crippen molar-refractivity contribution < 1.29 is 74.3 Å². The molecule has 22 heteroatoms. The maximum absolute atomic E-state index is 11.0. The summed E-state index contributed by atoms with van der Waals surface area (Å²) in [4.78, 5) is 0. The van der Waals surface area contributed by atoms with Crippen molar-refractivity contribution in [1.82, 2.24) is 4.72 Å². The van der Waals surface area contributed by atoms with Gasteiger partial charge in [-0.2, -0.15) is 38.4 Å². The highest BCUT2D eigenvalue weighted by Crippen LogP contribution is 2.28. The average molecular weight is 499 g/mol. The highest BCUT2D eigenvalue weighted by atomic mass is 32.3. The molecule has 1 saturated heterocycles. The van der Waals surface area contributed by atoms with Crippen molar-refractivity contribution in [2.45, 2.75) is 30.6 Å². The first-order valence-electron chi connectivity index (χ1n) is 6.29. The summed E-state index contributed by atoms with van der Waals surface area (Å²) < 4.78 is 140. The molecule has 18 nitrogen and oxygen atoms in total. The molecule has 1 fully saturated rings. The highest BCUT2D eigenvalue weighted by molar-refractivity contribution is 7.83. The van der Waals surface area contributed by atoms with Crippen molar-refractivity contribution in [2.24, 2.45) is 0 Å². The third-order valence-electron chi connectivity index (χ3n) is 2.80. The Morgan fingerprint density at radius 2 is 1.25 bits per heavy atom. The molecule has 0 aromatic heterocycles. The fourth-order valence-electron chi connectivity index (χ4n) is 2.02. The molecule has 0 aromatic carbocycles. The van der Waals surface area contributed by atoms with Crippen LogP contribution in [0.4, 0.5) is 0 Å². The summed E-state index contributed by atoms with van der Waals surface area (Å²) in [5.41, 5.74) is 0. The van der Waals surface area contributed by atoms with E-state index in [4.69, 9.17) is 18.2 Å². The normalized spacial score (nSPS) is 30.2. The molecule has 28 heavy (non-hydrogen) atoms. The molecule has 168 valence electrons. The number of ether oxygens (including phenoxy) is 1. The van der Waals surface area contributed by atoms with Crippen molar-refractivity contribution >= 4 is 41.5 Å². The number of hydrogen-bond acceptors (Lipinski definition) is 13. The van der Waals surface area contributed by atoms with E-state index >= 15 is 0 Å².